The number of carbonyl (C=O) groups excluding carboxylic acids is 3. The number of allylic oxidation sites excluding steroid dienone is 1. The summed E-state index contributed by atoms with van der Waals surface area (Å²) in [5, 5.41) is 5.55. The van der Waals surface area contributed by atoms with E-state index in [1.54, 1.807) is 55.5 Å². The molecule has 1 aliphatic heterocycles. The van der Waals surface area contributed by atoms with Crippen LogP contribution in [-0.2, 0) is 11.3 Å². The number of ether oxygens (including phenoxy) is 2. The molecule has 1 unspecified atom stereocenters. The summed E-state index contributed by atoms with van der Waals surface area (Å²) in [5.41, 5.74) is 3.71. The molecule has 0 saturated carbocycles. The van der Waals surface area contributed by atoms with Crippen LogP contribution in [0.15, 0.2) is 90.1 Å². The summed E-state index contributed by atoms with van der Waals surface area (Å²) in [6, 6.07) is 22.3. The third-order valence-corrected chi connectivity index (χ3v) is 5.54. The first-order valence-electron chi connectivity index (χ1n) is 10.7. The lowest BCUT2D eigenvalue weighted by Gasteiger charge is -2.28. The highest BCUT2D eigenvalue weighted by Gasteiger charge is 2.31. The first-order chi connectivity index (χ1) is 16.5. The van der Waals surface area contributed by atoms with Crippen molar-refractivity contribution in [3.05, 3.63) is 112 Å². The molecule has 2 amide bonds. The number of carbonyl (C=O) groups is 3. The summed E-state index contributed by atoms with van der Waals surface area (Å²) in [4.78, 5) is 36.9. The Morgan fingerprint density at radius 3 is 2.21 bits per heavy atom. The van der Waals surface area contributed by atoms with Crippen LogP contribution in [0.3, 0.4) is 0 Å². The first kappa shape index (κ1) is 22.8. The maximum atomic E-state index is 13.2. The molecule has 172 valence electrons. The Labute approximate surface area is 197 Å². The standard InChI is InChI=1S/C27H24N2O5/c1-17-23(25(30)20-6-4-3-5-7-20)24(29-27(32)28-17)19-12-14-22(15-13-19)34-16-18-8-10-21(11-9-18)26(31)33-2/h3-15,24H,16H2,1-2H3,(H2,28,29,32). The molecule has 1 heterocycles. The number of benzene rings is 3. The third kappa shape index (κ3) is 4.99. The number of urea groups is 1. The molecule has 0 saturated heterocycles. The molecule has 0 aliphatic carbocycles. The van der Waals surface area contributed by atoms with Crippen molar-refractivity contribution in [1.29, 1.82) is 0 Å². The van der Waals surface area contributed by atoms with Gasteiger partial charge in [0.25, 0.3) is 0 Å². The first-order valence-corrected chi connectivity index (χ1v) is 10.7. The van der Waals surface area contributed by atoms with Crippen molar-refractivity contribution in [2.24, 2.45) is 0 Å². The fourth-order valence-corrected chi connectivity index (χ4v) is 3.77. The molecule has 0 fully saturated rings. The maximum Gasteiger partial charge on any atom is 0.337 e. The number of amides is 2. The van der Waals surface area contributed by atoms with Gasteiger partial charge in [0.05, 0.1) is 18.7 Å². The smallest absolute Gasteiger partial charge is 0.337 e. The van der Waals surface area contributed by atoms with E-state index in [9.17, 15) is 14.4 Å². The Kier molecular flexibility index (Phi) is 6.73. The van der Waals surface area contributed by atoms with Crippen molar-refractivity contribution in [3.8, 4) is 5.75 Å². The second kappa shape index (κ2) is 10.0. The number of nitrogens with one attached hydrogen (secondary N) is 2. The van der Waals surface area contributed by atoms with Gasteiger partial charge in [-0.15, -0.1) is 0 Å². The van der Waals surface area contributed by atoms with Gasteiger partial charge in [0.2, 0.25) is 0 Å². The van der Waals surface area contributed by atoms with E-state index >= 15 is 0 Å². The normalized spacial score (nSPS) is 15.2. The number of esters is 1. The van der Waals surface area contributed by atoms with Gasteiger partial charge in [-0.1, -0.05) is 54.6 Å². The van der Waals surface area contributed by atoms with Crippen LogP contribution < -0.4 is 15.4 Å². The molecular formula is C27H24N2O5. The monoisotopic (exact) mass is 456 g/mol. The molecule has 0 aromatic heterocycles. The van der Waals surface area contributed by atoms with E-state index < -0.39 is 6.04 Å². The van der Waals surface area contributed by atoms with Gasteiger partial charge < -0.3 is 20.1 Å². The summed E-state index contributed by atoms with van der Waals surface area (Å²) in [6.07, 6.45) is 0. The molecule has 2 N–H and O–H groups in total. The van der Waals surface area contributed by atoms with Crippen LogP contribution in [-0.4, -0.2) is 24.9 Å². The third-order valence-electron chi connectivity index (χ3n) is 5.54. The van der Waals surface area contributed by atoms with Gasteiger partial charge in [-0.05, 0) is 42.3 Å². The predicted octanol–water partition coefficient (Wildman–Crippen LogP) is 4.56. The van der Waals surface area contributed by atoms with E-state index in [1.807, 2.05) is 30.3 Å². The molecule has 7 nitrogen and oxygen atoms in total. The zero-order valence-electron chi connectivity index (χ0n) is 18.8. The molecule has 0 bridgehead atoms. The van der Waals surface area contributed by atoms with Crippen LogP contribution >= 0.6 is 0 Å². The van der Waals surface area contributed by atoms with Crippen LogP contribution in [0.2, 0.25) is 0 Å². The van der Waals surface area contributed by atoms with Crippen LogP contribution in [0.25, 0.3) is 0 Å². The molecule has 7 heteroatoms. The summed E-state index contributed by atoms with van der Waals surface area (Å²) in [5.74, 6) is 0.103. The van der Waals surface area contributed by atoms with Crippen molar-refractivity contribution < 1.29 is 23.9 Å². The lowest BCUT2D eigenvalue weighted by Crippen LogP contribution is -2.45. The van der Waals surface area contributed by atoms with Gasteiger partial charge in [-0.2, -0.15) is 0 Å². The summed E-state index contributed by atoms with van der Waals surface area (Å²) in [7, 11) is 1.34. The second-order valence-corrected chi connectivity index (χ2v) is 7.81. The highest BCUT2D eigenvalue weighted by molar-refractivity contribution is 6.11. The number of hydrogen-bond acceptors (Lipinski definition) is 5. The summed E-state index contributed by atoms with van der Waals surface area (Å²) in [6.45, 7) is 2.05. The van der Waals surface area contributed by atoms with E-state index in [0.717, 1.165) is 11.1 Å². The molecular weight excluding hydrogens is 432 g/mol. The Morgan fingerprint density at radius 2 is 1.56 bits per heavy atom. The van der Waals surface area contributed by atoms with E-state index in [-0.39, 0.29) is 17.8 Å². The fourth-order valence-electron chi connectivity index (χ4n) is 3.77. The van der Waals surface area contributed by atoms with Gasteiger partial charge in [0.15, 0.2) is 5.78 Å². The van der Waals surface area contributed by atoms with Crippen molar-refractivity contribution in [2.45, 2.75) is 19.6 Å². The minimum absolute atomic E-state index is 0.147. The molecule has 0 radical (unpaired) electrons. The summed E-state index contributed by atoms with van der Waals surface area (Å²) >= 11 is 0. The zero-order chi connectivity index (χ0) is 24.1. The van der Waals surface area contributed by atoms with E-state index in [0.29, 0.717) is 34.8 Å². The highest BCUT2D eigenvalue weighted by Crippen LogP contribution is 2.30. The van der Waals surface area contributed by atoms with Crippen LogP contribution in [0.1, 0.15) is 44.8 Å². The molecule has 4 rings (SSSR count). The van der Waals surface area contributed by atoms with Gasteiger partial charge in [0, 0.05) is 16.8 Å². The average Bonchev–Trinajstić information content (AvgIpc) is 2.87. The van der Waals surface area contributed by atoms with E-state index in [4.69, 9.17) is 9.47 Å². The van der Waals surface area contributed by atoms with Crippen LogP contribution in [0.5, 0.6) is 5.75 Å². The van der Waals surface area contributed by atoms with Gasteiger partial charge in [-0.25, -0.2) is 9.59 Å². The van der Waals surface area contributed by atoms with Crippen molar-refractivity contribution in [1.82, 2.24) is 10.6 Å². The van der Waals surface area contributed by atoms with E-state index in [1.165, 1.54) is 7.11 Å². The molecule has 34 heavy (non-hydrogen) atoms. The topological polar surface area (TPSA) is 93.7 Å². The SMILES string of the molecule is COC(=O)c1ccc(COc2ccc(C3NC(=O)NC(C)=C3C(=O)c3ccccc3)cc2)cc1. The highest BCUT2D eigenvalue weighted by atomic mass is 16.5. The van der Waals surface area contributed by atoms with E-state index in [2.05, 4.69) is 10.6 Å². The molecule has 0 spiro atoms. The summed E-state index contributed by atoms with van der Waals surface area (Å²) < 4.78 is 10.6. The zero-order valence-corrected chi connectivity index (χ0v) is 18.8. The molecule has 1 atom stereocenters. The lowest BCUT2D eigenvalue weighted by molar-refractivity contribution is 0.0600. The van der Waals surface area contributed by atoms with Gasteiger partial charge >= 0.3 is 12.0 Å². The average molecular weight is 456 g/mol. The molecule has 1 aliphatic rings. The largest absolute Gasteiger partial charge is 0.489 e. The fraction of sp³-hybridized carbons (Fsp3) is 0.148. The molecule has 3 aromatic carbocycles. The molecule has 3 aromatic rings. The van der Waals surface area contributed by atoms with Gasteiger partial charge in [-0.3, -0.25) is 4.79 Å². The minimum Gasteiger partial charge on any atom is -0.489 e. The Balaban J connectivity index is 1.49. The van der Waals surface area contributed by atoms with Crippen molar-refractivity contribution in [2.75, 3.05) is 7.11 Å². The van der Waals surface area contributed by atoms with Crippen molar-refractivity contribution >= 4 is 17.8 Å². The van der Waals surface area contributed by atoms with Gasteiger partial charge in [0.1, 0.15) is 12.4 Å². The maximum absolute atomic E-state index is 13.2. The number of rotatable bonds is 7. The Bertz CT molecular complexity index is 1230. The number of hydrogen-bond donors (Lipinski definition) is 2. The second-order valence-electron chi connectivity index (χ2n) is 7.81. The predicted molar refractivity (Wildman–Crippen MR) is 126 cm³/mol. The Morgan fingerprint density at radius 1 is 0.882 bits per heavy atom. The van der Waals surface area contributed by atoms with Crippen LogP contribution in [0, 0.1) is 0 Å². The quantitative estimate of drug-likeness (QED) is 0.402. The number of methoxy groups -OCH3 is 1. The minimum atomic E-state index is -0.582. The van der Waals surface area contributed by atoms with Crippen molar-refractivity contribution in [3.63, 3.8) is 0 Å². The number of Topliss-reactive ketones (excluding diaryl/α,β-unsaturated/α-hetero) is 1. The Hall–Kier alpha value is -4.39. The number of ketones is 1. The van der Waals surface area contributed by atoms with Crippen LogP contribution in [0.4, 0.5) is 4.79 Å². The lowest BCUT2D eigenvalue weighted by atomic mass is 9.89.